The number of esters is 1. The fourth-order valence-corrected chi connectivity index (χ4v) is 13.7. The Morgan fingerprint density at radius 3 is 1.20 bits per heavy atom. The minimum atomic E-state index is -0.587. The van der Waals surface area contributed by atoms with Crippen molar-refractivity contribution >= 4 is 33.5 Å². The van der Waals surface area contributed by atoms with Crippen molar-refractivity contribution in [3.63, 3.8) is 0 Å². The van der Waals surface area contributed by atoms with Crippen LogP contribution >= 0.6 is 0 Å². The van der Waals surface area contributed by atoms with Crippen LogP contribution in [0.3, 0.4) is 0 Å². The average molecular weight is 965 g/mol. The SMILES string of the molecule is CC(C)(C)C1CCC(Oc2ccc3cc(CNC45CCC(C(=O)O)(CC4)CC5)ccc3c2)CC1.COC(=O)C12CCC(NCc3ccc4cc(OC5CCC(C(C)(C)C)CC5)ccc4c3)(CC1)CC2.[Li+].[OH-]. The zero-order valence-corrected chi connectivity index (χ0v) is 44.7. The van der Waals surface area contributed by atoms with Crippen LogP contribution < -0.4 is 39.0 Å². The molecule has 8 aliphatic carbocycles. The molecule has 0 amide bonds. The Balaban J connectivity index is 0.000000203. The first-order chi connectivity index (χ1) is 32.9. The van der Waals surface area contributed by atoms with E-state index in [1.165, 1.54) is 65.5 Å². The van der Waals surface area contributed by atoms with Gasteiger partial charge in [0.2, 0.25) is 0 Å². The molecule has 382 valence electrons. The van der Waals surface area contributed by atoms with E-state index in [-0.39, 0.29) is 46.8 Å². The first kappa shape index (κ1) is 55.2. The van der Waals surface area contributed by atoms with Crippen molar-refractivity contribution in [3.05, 3.63) is 83.9 Å². The van der Waals surface area contributed by atoms with E-state index in [1.54, 1.807) is 0 Å². The van der Waals surface area contributed by atoms with Crippen LogP contribution in [0.4, 0.5) is 0 Å². The third kappa shape index (κ3) is 12.5. The molecule has 4 N–H and O–H groups in total. The van der Waals surface area contributed by atoms with Crippen LogP contribution in [0.1, 0.15) is 181 Å². The Kier molecular flexibility index (Phi) is 17.2. The van der Waals surface area contributed by atoms with Gasteiger partial charge in [-0.25, -0.2) is 0 Å². The number of nitrogens with one attached hydrogen (secondary N) is 2. The van der Waals surface area contributed by atoms with Gasteiger partial charge in [0.1, 0.15) is 11.5 Å². The molecule has 8 fully saturated rings. The first-order valence-electron chi connectivity index (χ1n) is 27.1. The minimum absolute atomic E-state index is 0. The van der Waals surface area contributed by atoms with Crippen molar-refractivity contribution in [2.75, 3.05) is 7.11 Å². The molecular weight excluding hydrogens is 880 g/mol. The summed E-state index contributed by atoms with van der Waals surface area (Å²) in [6.45, 7) is 15.9. The normalized spacial score (nSPS) is 30.3. The van der Waals surface area contributed by atoms with Crippen molar-refractivity contribution in [1.29, 1.82) is 0 Å². The fraction of sp³-hybridized carbons (Fsp3) is 0.639. The quantitative estimate of drug-likeness (QED) is 0.0936. The molecule has 0 unspecified atom stereocenters. The molecule has 8 aliphatic rings. The number of hydrogen-bond donors (Lipinski definition) is 3. The van der Waals surface area contributed by atoms with Crippen LogP contribution in [0.2, 0.25) is 0 Å². The number of carboxylic acids is 1. The smallest absolute Gasteiger partial charge is 0.870 e. The van der Waals surface area contributed by atoms with E-state index in [0.29, 0.717) is 23.0 Å². The summed E-state index contributed by atoms with van der Waals surface area (Å²) in [6.07, 6.45) is 21.8. The third-order valence-corrected chi connectivity index (χ3v) is 19.1. The zero-order chi connectivity index (χ0) is 48.7. The largest absolute Gasteiger partial charge is 1.00 e. The minimum Gasteiger partial charge on any atom is -0.870 e. The molecule has 0 aliphatic heterocycles. The average Bonchev–Trinajstić information content (AvgIpc) is 3.36. The van der Waals surface area contributed by atoms with Crippen LogP contribution in [0.15, 0.2) is 72.8 Å². The summed E-state index contributed by atoms with van der Waals surface area (Å²) in [5.41, 5.74) is 3.04. The van der Waals surface area contributed by atoms with Gasteiger partial charge in [-0.3, -0.25) is 9.59 Å². The zero-order valence-electron chi connectivity index (χ0n) is 44.7. The summed E-state index contributed by atoms with van der Waals surface area (Å²) in [5, 5.41) is 22.3. The number of rotatable bonds is 12. The van der Waals surface area contributed by atoms with Crippen LogP contribution in [-0.4, -0.2) is 52.9 Å². The molecule has 10 heteroatoms. The number of aliphatic carboxylic acids is 1. The molecule has 0 spiro atoms. The second-order valence-corrected chi connectivity index (χ2v) is 25.2. The van der Waals surface area contributed by atoms with Gasteiger partial charge in [0.05, 0.1) is 30.1 Å². The standard InChI is InChI=1S/C31H43NO3.C30H41NO3.Li.H2O/c1-29(2,3)25-8-11-26(12-9-25)35-27-10-7-23-19-22(5-6-24(23)20-27)21-32-31-16-13-30(14-17-31,15-18-31)28(33)34-4;1-28(2,3)24-7-10-25(11-8-24)34-26-9-6-22-18-21(4-5-23(22)19-26)20-31-30-15-12-29(13-16-30,14-17-30)27(32)33;;/h5-7,10,19-20,25-26,32H,8-9,11-18,21H2,1-4H3;4-6,9,18-19,24-25,31H,7-8,10-17,20H2,1-3H3,(H,32,33);;1H2/q;;+1;/p-1. The van der Waals surface area contributed by atoms with Gasteiger partial charge < -0.3 is 35.4 Å². The van der Waals surface area contributed by atoms with Crippen LogP contribution in [0.25, 0.3) is 21.5 Å². The Hall–Kier alpha value is -3.58. The van der Waals surface area contributed by atoms with Gasteiger partial charge in [0, 0.05) is 24.2 Å². The maximum absolute atomic E-state index is 12.3. The van der Waals surface area contributed by atoms with Crippen LogP contribution in [0, 0.1) is 33.5 Å². The number of fused-ring (bicyclic) bond motifs is 8. The summed E-state index contributed by atoms with van der Waals surface area (Å²) in [6, 6.07) is 26.6. The van der Waals surface area contributed by atoms with Crippen molar-refractivity contribution in [2.24, 2.45) is 33.5 Å². The number of benzene rings is 4. The van der Waals surface area contributed by atoms with Gasteiger partial charge in [0.15, 0.2) is 0 Å². The van der Waals surface area contributed by atoms with Gasteiger partial charge >= 0.3 is 30.8 Å². The van der Waals surface area contributed by atoms with E-state index < -0.39 is 11.4 Å². The molecule has 8 saturated carbocycles. The van der Waals surface area contributed by atoms with E-state index in [2.05, 4.69) is 125 Å². The third-order valence-electron chi connectivity index (χ3n) is 19.1. The Bertz CT molecular complexity index is 2410. The maximum Gasteiger partial charge on any atom is 1.00 e. The summed E-state index contributed by atoms with van der Waals surface area (Å²) in [4.78, 5) is 24.0. The van der Waals surface area contributed by atoms with Crippen LogP contribution in [-0.2, 0) is 27.4 Å². The molecule has 9 nitrogen and oxygen atoms in total. The molecule has 4 aromatic carbocycles. The predicted molar refractivity (Wildman–Crippen MR) is 281 cm³/mol. The van der Waals surface area contributed by atoms with Gasteiger partial charge in [-0.05, 0) is 220 Å². The number of methoxy groups -OCH3 is 1. The van der Waals surface area contributed by atoms with Crippen molar-refractivity contribution in [1.82, 2.24) is 10.6 Å². The monoisotopic (exact) mass is 965 g/mol. The molecule has 4 bridgehead atoms. The number of carboxylic acid groups (broad SMARTS) is 1. The Morgan fingerprint density at radius 2 is 0.859 bits per heavy atom. The molecule has 0 heterocycles. The topological polar surface area (TPSA) is 136 Å². The molecule has 0 atom stereocenters. The van der Waals surface area contributed by atoms with Gasteiger partial charge in [-0.15, -0.1) is 0 Å². The number of ether oxygens (including phenoxy) is 3. The van der Waals surface area contributed by atoms with Crippen molar-refractivity contribution < 1.29 is 53.2 Å². The van der Waals surface area contributed by atoms with Crippen LogP contribution in [0.5, 0.6) is 11.5 Å². The molecule has 12 rings (SSSR count). The predicted octanol–water partition coefficient (Wildman–Crippen LogP) is 11.1. The summed E-state index contributed by atoms with van der Waals surface area (Å²) in [7, 11) is 1.53. The second kappa shape index (κ2) is 22.1. The van der Waals surface area contributed by atoms with E-state index in [4.69, 9.17) is 14.2 Å². The van der Waals surface area contributed by atoms with Crippen molar-refractivity contribution in [3.8, 4) is 11.5 Å². The molecule has 0 aromatic heterocycles. The molecule has 71 heavy (non-hydrogen) atoms. The summed E-state index contributed by atoms with van der Waals surface area (Å²) in [5.74, 6) is 3.01. The van der Waals surface area contributed by atoms with Gasteiger partial charge in [-0.2, -0.15) is 0 Å². The van der Waals surface area contributed by atoms with Gasteiger partial charge in [-0.1, -0.05) is 77.9 Å². The number of hydrogen-bond acceptors (Lipinski definition) is 8. The maximum atomic E-state index is 12.3. The number of carbonyl (C=O) groups excluding carboxylic acids is 1. The molecule has 0 radical (unpaired) electrons. The van der Waals surface area contributed by atoms with E-state index in [9.17, 15) is 14.7 Å². The van der Waals surface area contributed by atoms with E-state index in [1.807, 2.05) is 0 Å². The molecule has 0 saturated heterocycles. The summed E-state index contributed by atoms with van der Waals surface area (Å²) >= 11 is 0. The van der Waals surface area contributed by atoms with Gasteiger partial charge in [0.25, 0.3) is 0 Å². The number of carbonyl (C=O) groups is 2. The van der Waals surface area contributed by atoms with E-state index in [0.717, 1.165) is 139 Å². The fourth-order valence-electron chi connectivity index (χ4n) is 13.7. The van der Waals surface area contributed by atoms with Crippen molar-refractivity contribution in [2.45, 2.75) is 206 Å². The Morgan fingerprint density at radius 1 is 0.521 bits per heavy atom. The summed E-state index contributed by atoms with van der Waals surface area (Å²) < 4.78 is 17.9. The van der Waals surface area contributed by atoms with E-state index >= 15 is 0 Å². The second-order valence-electron chi connectivity index (χ2n) is 25.2. The molecule has 4 aromatic rings. The Labute approximate surface area is 437 Å². The first-order valence-corrected chi connectivity index (χ1v) is 27.1. The molecular formula is C61H85LiN2O7.